The fourth-order valence-corrected chi connectivity index (χ4v) is 2.08. The van der Waals surface area contributed by atoms with Crippen LogP contribution < -0.4 is 0 Å². The maximum atomic E-state index is 6.17. The molecule has 2 unspecified atom stereocenters. The smallest absolute Gasteiger partial charge is 0.0801 e. The quantitative estimate of drug-likeness (QED) is 0.651. The molecule has 2 rings (SSSR count). The molecule has 1 nitrogen and oxygen atoms in total. The molecule has 0 aromatic heterocycles. The van der Waals surface area contributed by atoms with Gasteiger partial charge in [-0.2, -0.15) is 0 Å². The zero-order valence-corrected chi connectivity index (χ0v) is 11.3. The molecule has 0 saturated heterocycles. The van der Waals surface area contributed by atoms with Crippen LogP contribution in [0.15, 0.2) is 72.9 Å². The van der Waals surface area contributed by atoms with Crippen LogP contribution in [0.25, 0.3) is 0 Å². The van der Waals surface area contributed by atoms with E-state index in [4.69, 9.17) is 4.74 Å². The monoisotopic (exact) mass is 254 g/mol. The Morgan fingerprint density at radius 3 is 1.63 bits per heavy atom. The molecular formula is C18H22O. The second-order valence-electron chi connectivity index (χ2n) is 4.72. The number of rotatable bonds is 2. The Hall–Kier alpha value is -1.60. The third-order valence-electron chi connectivity index (χ3n) is 3.11. The van der Waals surface area contributed by atoms with Crippen molar-refractivity contribution in [3.63, 3.8) is 0 Å². The molecule has 0 amide bonds. The van der Waals surface area contributed by atoms with Crippen molar-refractivity contribution in [2.24, 2.45) is 0 Å². The third kappa shape index (κ3) is 5.71. The summed E-state index contributed by atoms with van der Waals surface area (Å²) in [5.41, 5.74) is 0. The number of hydrogen-bond acceptors (Lipinski definition) is 1. The van der Waals surface area contributed by atoms with Gasteiger partial charge in [-0.05, 0) is 25.7 Å². The van der Waals surface area contributed by atoms with E-state index < -0.39 is 0 Å². The van der Waals surface area contributed by atoms with E-state index in [0.717, 1.165) is 25.7 Å². The first-order valence-electron chi connectivity index (χ1n) is 7.07. The average Bonchev–Trinajstić information content (AvgIpc) is 2.62. The summed E-state index contributed by atoms with van der Waals surface area (Å²) in [6.07, 6.45) is 30.0. The maximum Gasteiger partial charge on any atom is 0.0801 e. The van der Waals surface area contributed by atoms with Gasteiger partial charge in [-0.15, -0.1) is 0 Å². The molecule has 2 aliphatic carbocycles. The van der Waals surface area contributed by atoms with Gasteiger partial charge in [0.05, 0.1) is 12.2 Å². The summed E-state index contributed by atoms with van der Waals surface area (Å²) >= 11 is 0. The van der Waals surface area contributed by atoms with Crippen molar-refractivity contribution in [3.8, 4) is 0 Å². The molecule has 0 N–H and O–H groups in total. The Morgan fingerprint density at radius 1 is 0.579 bits per heavy atom. The van der Waals surface area contributed by atoms with Gasteiger partial charge in [-0.25, -0.2) is 0 Å². The van der Waals surface area contributed by atoms with Crippen LogP contribution in [0.1, 0.15) is 25.7 Å². The molecule has 2 aliphatic rings. The van der Waals surface area contributed by atoms with Gasteiger partial charge in [-0.1, -0.05) is 72.9 Å². The minimum atomic E-state index is 0.159. The molecule has 0 heterocycles. The lowest BCUT2D eigenvalue weighted by Crippen LogP contribution is -2.18. The van der Waals surface area contributed by atoms with Gasteiger partial charge in [0.2, 0.25) is 0 Å². The molecule has 0 spiro atoms. The minimum absolute atomic E-state index is 0.159. The van der Waals surface area contributed by atoms with E-state index in [9.17, 15) is 0 Å². The van der Waals surface area contributed by atoms with E-state index >= 15 is 0 Å². The van der Waals surface area contributed by atoms with Gasteiger partial charge in [0.1, 0.15) is 0 Å². The first kappa shape index (κ1) is 13.8. The number of hydrogen-bond donors (Lipinski definition) is 0. The molecule has 0 radical (unpaired) electrons. The zero-order valence-electron chi connectivity index (χ0n) is 11.3. The first-order chi connectivity index (χ1) is 9.45. The predicted octanol–water partition coefficient (Wildman–Crippen LogP) is 4.67. The van der Waals surface area contributed by atoms with Crippen LogP contribution in [0.3, 0.4) is 0 Å². The summed E-state index contributed by atoms with van der Waals surface area (Å²) in [5.74, 6) is 0. The fourth-order valence-electron chi connectivity index (χ4n) is 2.08. The largest absolute Gasteiger partial charge is 0.366 e. The Balaban J connectivity index is 1.96. The van der Waals surface area contributed by atoms with Gasteiger partial charge in [0, 0.05) is 0 Å². The molecule has 0 aromatic carbocycles. The summed E-state index contributed by atoms with van der Waals surface area (Å²) in [5, 5.41) is 0. The molecule has 0 fully saturated rings. The van der Waals surface area contributed by atoms with Crippen molar-refractivity contribution in [2.45, 2.75) is 37.9 Å². The highest BCUT2D eigenvalue weighted by molar-refractivity contribution is 5.12. The van der Waals surface area contributed by atoms with E-state index in [-0.39, 0.29) is 12.2 Å². The highest BCUT2D eigenvalue weighted by Crippen LogP contribution is 2.13. The highest BCUT2D eigenvalue weighted by atomic mass is 16.5. The normalized spacial score (nSPS) is 33.9. The second-order valence-corrected chi connectivity index (χ2v) is 4.72. The van der Waals surface area contributed by atoms with E-state index in [1.54, 1.807) is 0 Å². The zero-order chi connectivity index (χ0) is 13.2. The maximum absolute atomic E-state index is 6.17. The van der Waals surface area contributed by atoms with Gasteiger partial charge in [0.15, 0.2) is 0 Å². The van der Waals surface area contributed by atoms with Gasteiger partial charge in [0.25, 0.3) is 0 Å². The summed E-state index contributed by atoms with van der Waals surface area (Å²) in [7, 11) is 0. The molecule has 19 heavy (non-hydrogen) atoms. The third-order valence-corrected chi connectivity index (χ3v) is 3.11. The Morgan fingerprint density at radius 2 is 1.11 bits per heavy atom. The number of ether oxygens (including phenoxy) is 1. The van der Waals surface area contributed by atoms with E-state index in [1.165, 1.54) is 0 Å². The molecule has 0 aliphatic heterocycles. The van der Waals surface area contributed by atoms with Crippen LogP contribution in [-0.4, -0.2) is 12.2 Å². The van der Waals surface area contributed by atoms with Crippen molar-refractivity contribution in [1.29, 1.82) is 0 Å². The fraction of sp³-hybridized carbons (Fsp3) is 0.333. The summed E-state index contributed by atoms with van der Waals surface area (Å²) < 4.78 is 6.17. The molecular weight excluding hydrogens is 232 g/mol. The van der Waals surface area contributed by atoms with Crippen LogP contribution in [0, 0.1) is 0 Å². The van der Waals surface area contributed by atoms with Crippen molar-refractivity contribution >= 4 is 0 Å². The molecule has 2 atom stereocenters. The summed E-state index contributed by atoms with van der Waals surface area (Å²) in [4.78, 5) is 0. The lowest BCUT2D eigenvalue weighted by Gasteiger charge is -2.18. The van der Waals surface area contributed by atoms with Crippen molar-refractivity contribution in [1.82, 2.24) is 0 Å². The van der Waals surface area contributed by atoms with Crippen molar-refractivity contribution in [2.75, 3.05) is 0 Å². The van der Waals surface area contributed by atoms with E-state index in [2.05, 4.69) is 72.9 Å². The molecule has 0 bridgehead atoms. The van der Waals surface area contributed by atoms with Crippen LogP contribution in [0.2, 0.25) is 0 Å². The van der Waals surface area contributed by atoms with E-state index in [1.807, 2.05) is 0 Å². The Bertz CT molecular complexity index is 381. The summed E-state index contributed by atoms with van der Waals surface area (Å²) in [6, 6.07) is 0. The standard InChI is InChI=1S/C18H22O/c1-2-6-10-14-17(13-9-5-1)19-18-15-11-7-3-4-8-12-16-18/h1,3,5-13,15,17-18H,2,4,14,16H2/b5-1-,7-3?,10-6-,12-8-,13-9-,15-11?. The molecule has 0 aromatic rings. The predicted molar refractivity (Wildman–Crippen MR) is 82.0 cm³/mol. The second kappa shape index (κ2) is 8.49. The molecule has 0 saturated carbocycles. The Kier molecular flexibility index (Phi) is 6.18. The first-order valence-corrected chi connectivity index (χ1v) is 7.07. The highest BCUT2D eigenvalue weighted by Gasteiger charge is 2.10. The lowest BCUT2D eigenvalue weighted by molar-refractivity contribution is 0.0450. The lowest BCUT2D eigenvalue weighted by atomic mass is 10.2. The number of allylic oxidation sites excluding steroid dienone is 8. The van der Waals surface area contributed by atoms with E-state index in [0.29, 0.717) is 0 Å². The van der Waals surface area contributed by atoms with Crippen LogP contribution in [0.5, 0.6) is 0 Å². The molecule has 100 valence electrons. The van der Waals surface area contributed by atoms with Crippen LogP contribution >= 0.6 is 0 Å². The Labute approximate surface area is 116 Å². The molecule has 1 heteroatoms. The average molecular weight is 254 g/mol. The topological polar surface area (TPSA) is 9.23 Å². The van der Waals surface area contributed by atoms with Crippen molar-refractivity contribution < 1.29 is 4.74 Å². The van der Waals surface area contributed by atoms with Gasteiger partial charge >= 0.3 is 0 Å². The van der Waals surface area contributed by atoms with Gasteiger partial charge in [-0.3, -0.25) is 0 Å². The minimum Gasteiger partial charge on any atom is -0.366 e. The SMILES string of the molecule is C1=CC/C=C\CC(OC2/C=C\C=C/C/C=C\C2)C=C1. The summed E-state index contributed by atoms with van der Waals surface area (Å²) in [6.45, 7) is 0. The van der Waals surface area contributed by atoms with Crippen LogP contribution in [0.4, 0.5) is 0 Å². The van der Waals surface area contributed by atoms with Crippen LogP contribution in [-0.2, 0) is 4.74 Å². The van der Waals surface area contributed by atoms with Crippen molar-refractivity contribution in [3.05, 3.63) is 72.9 Å². The van der Waals surface area contributed by atoms with Gasteiger partial charge < -0.3 is 4.74 Å².